The van der Waals surface area contributed by atoms with E-state index in [0.717, 1.165) is 35.4 Å². The van der Waals surface area contributed by atoms with Gasteiger partial charge in [0.15, 0.2) is 0 Å². The van der Waals surface area contributed by atoms with E-state index in [4.69, 9.17) is 0 Å². The van der Waals surface area contributed by atoms with Crippen LogP contribution in [-0.2, 0) is 19.3 Å². The zero-order chi connectivity index (χ0) is 13.9. The molecule has 0 atom stereocenters. The second-order valence-electron chi connectivity index (χ2n) is 5.23. The summed E-state index contributed by atoms with van der Waals surface area (Å²) in [4.78, 5) is 18.6. The van der Waals surface area contributed by atoms with Crippen molar-refractivity contribution in [2.24, 2.45) is 0 Å². The Hall–Kier alpha value is -1.68. The van der Waals surface area contributed by atoms with E-state index in [1.807, 2.05) is 19.2 Å². The molecule has 2 aromatic heterocycles. The van der Waals surface area contributed by atoms with Crippen LogP contribution in [0.4, 0.5) is 0 Å². The van der Waals surface area contributed by atoms with Crippen molar-refractivity contribution in [1.82, 2.24) is 10.3 Å². The molecule has 1 aliphatic rings. The van der Waals surface area contributed by atoms with Gasteiger partial charge in [-0.2, -0.15) is 0 Å². The number of fused-ring (bicyclic) bond motifs is 1. The Morgan fingerprint density at radius 2 is 2.30 bits per heavy atom. The summed E-state index contributed by atoms with van der Waals surface area (Å²) in [6.07, 6.45) is 6.21. The zero-order valence-electron chi connectivity index (χ0n) is 11.6. The Morgan fingerprint density at radius 1 is 1.40 bits per heavy atom. The molecule has 20 heavy (non-hydrogen) atoms. The van der Waals surface area contributed by atoms with Gasteiger partial charge >= 0.3 is 0 Å². The van der Waals surface area contributed by atoms with Crippen molar-refractivity contribution in [3.8, 4) is 0 Å². The highest BCUT2D eigenvalue weighted by Gasteiger charge is 2.17. The fraction of sp³-hybridized carbons (Fsp3) is 0.375. The molecule has 0 saturated carbocycles. The maximum Gasteiger partial charge on any atom is 0.261 e. The van der Waals surface area contributed by atoms with Crippen LogP contribution in [0.3, 0.4) is 0 Å². The van der Waals surface area contributed by atoms with Crippen molar-refractivity contribution in [2.75, 3.05) is 6.54 Å². The number of rotatable bonds is 4. The number of thiophene rings is 1. The lowest BCUT2D eigenvalue weighted by molar-refractivity contribution is 0.0958. The maximum absolute atomic E-state index is 12.1. The summed E-state index contributed by atoms with van der Waals surface area (Å²) >= 11 is 1.65. The van der Waals surface area contributed by atoms with Crippen molar-refractivity contribution < 1.29 is 4.79 Å². The van der Waals surface area contributed by atoms with Crippen LogP contribution in [0.1, 0.15) is 37.8 Å². The number of carbonyl (C=O) groups is 1. The number of carbonyl (C=O) groups excluding carboxylic acids is 1. The molecule has 0 saturated heterocycles. The van der Waals surface area contributed by atoms with Crippen molar-refractivity contribution in [2.45, 2.75) is 32.6 Å². The van der Waals surface area contributed by atoms with E-state index in [0.29, 0.717) is 6.54 Å². The van der Waals surface area contributed by atoms with E-state index in [2.05, 4.69) is 22.4 Å². The summed E-state index contributed by atoms with van der Waals surface area (Å²) in [7, 11) is 0. The molecule has 3 nitrogen and oxygen atoms in total. The van der Waals surface area contributed by atoms with Crippen LogP contribution in [0.5, 0.6) is 0 Å². The van der Waals surface area contributed by atoms with E-state index in [1.165, 1.54) is 16.9 Å². The molecule has 0 radical (unpaired) electrons. The fourth-order valence-corrected chi connectivity index (χ4v) is 3.66. The number of aryl methyl sites for hydroxylation is 3. The van der Waals surface area contributed by atoms with E-state index in [9.17, 15) is 4.79 Å². The Labute approximate surface area is 123 Å². The van der Waals surface area contributed by atoms with Crippen molar-refractivity contribution in [3.63, 3.8) is 0 Å². The second-order valence-corrected chi connectivity index (χ2v) is 6.36. The standard InChI is InChI=1S/C16H18N2OS/c1-11-5-6-12(10-18-11)7-8-17-16(19)15-9-13-3-2-4-14(13)20-15/h5-6,9-10H,2-4,7-8H2,1H3,(H,17,19). The molecule has 1 amide bonds. The molecule has 2 heterocycles. The molecular weight excluding hydrogens is 268 g/mol. The molecule has 1 aliphatic carbocycles. The summed E-state index contributed by atoms with van der Waals surface area (Å²) in [5.74, 6) is 0.0597. The van der Waals surface area contributed by atoms with E-state index < -0.39 is 0 Å². The smallest absolute Gasteiger partial charge is 0.261 e. The predicted molar refractivity (Wildman–Crippen MR) is 81.4 cm³/mol. The van der Waals surface area contributed by atoms with Gasteiger partial charge in [0.05, 0.1) is 4.88 Å². The molecule has 4 heteroatoms. The van der Waals surface area contributed by atoms with Gasteiger partial charge in [-0.1, -0.05) is 6.07 Å². The van der Waals surface area contributed by atoms with Crippen LogP contribution in [0.15, 0.2) is 24.4 Å². The van der Waals surface area contributed by atoms with E-state index >= 15 is 0 Å². The normalized spacial score (nSPS) is 13.2. The van der Waals surface area contributed by atoms with E-state index in [1.54, 1.807) is 11.3 Å². The topological polar surface area (TPSA) is 42.0 Å². The first-order valence-corrected chi connectivity index (χ1v) is 7.85. The van der Waals surface area contributed by atoms with Crippen LogP contribution in [0, 0.1) is 6.92 Å². The summed E-state index contributed by atoms with van der Waals surface area (Å²) in [6, 6.07) is 6.13. The van der Waals surface area contributed by atoms with Crippen molar-refractivity contribution in [1.29, 1.82) is 0 Å². The predicted octanol–water partition coefficient (Wildman–Crippen LogP) is 2.91. The molecule has 0 fully saturated rings. The molecule has 0 spiro atoms. The number of hydrogen-bond acceptors (Lipinski definition) is 3. The molecule has 1 N–H and O–H groups in total. The largest absolute Gasteiger partial charge is 0.351 e. The Morgan fingerprint density at radius 3 is 3.05 bits per heavy atom. The number of pyridine rings is 1. The fourth-order valence-electron chi connectivity index (χ4n) is 2.49. The van der Waals surface area contributed by atoms with Crippen LogP contribution < -0.4 is 5.32 Å². The minimum Gasteiger partial charge on any atom is -0.351 e. The van der Waals surface area contributed by atoms with Gasteiger partial charge < -0.3 is 5.32 Å². The van der Waals surface area contributed by atoms with Crippen LogP contribution >= 0.6 is 11.3 Å². The summed E-state index contributed by atoms with van der Waals surface area (Å²) in [5, 5.41) is 2.99. The number of amides is 1. The summed E-state index contributed by atoms with van der Waals surface area (Å²) in [5.41, 5.74) is 3.55. The Bertz CT molecular complexity index is 594. The number of nitrogens with zero attached hydrogens (tertiary/aromatic N) is 1. The lowest BCUT2D eigenvalue weighted by Crippen LogP contribution is -2.24. The van der Waals surface area contributed by atoms with Crippen LogP contribution in [0.25, 0.3) is 0 Å². The average Bonchev–Trinajstić information content (AvgIpc) is 3.02. The maximum atomic E-state index is 12.1. The minimum absolute atomic E-state index is 0.0597. The molecule has 104 valence electrons. The Balaban J connectivity index is 1.52. The first-order valence-electron chi connectivity index (χ1n) is 7.04. The third-order valence-electron chi connectivity index (χ3n) is 3.64. The average molecular weight is 286 g/mol. The Kier molecular flexibility index (Phi) is 3.83. The van der Waals surface area contributed by atoms with Gasteiger partial charge in [-0.3, -0.25) is 9.78 Å². The van der Waals surface area contributed by atoms with Gasteiger partial charge in [0.2, 0.25) is 0 Å². The van der Waals surface area contributed by atoms with Gasteiger partial charge in [-0.05, 0) is 55.9 Å². The van der Waals surface area contributed by atoms with Gasteiger partial charge in [0, 0.05) is 23.3 Å². The first kappa shape index (κ1) is 13.3. The number of aromatic nitrogens is 1. The van der Waals surface area contributed by atoms with Crippen molar-refractivity contribution >= 4 is 17.2 Å². The highest BCUT2D eigenvalue weighted by atomic mass is 32.1. The van der Waals surface area contributed by atoms with Crippen LogP contribution in [0.2, 0.25) is 0 Å². The van der Waals surface area contributed by atoms with E-state index in [-0.39, 0.29) is 5.91 Å². The molecule has 0 aliphatic heterocycles. The SMILES string of the molecule is Cc1ccc(CCNC(=O)c2cc3c(s2)CCC3)cn1. The van der Waals surface area contributed by atoms with Crippen LogP contribution in [-0.4, -0.2) is 17.4 Å². The first-order chi connectivity index (χ1) is 9.72. The third-order valence-corrected chi connectivity index (χ3v) is 4.88. The molecule has 0 unspecified atom stereocenters. The third kappa shape index (κ3) is 2.90. The molecule has 0 bridgehead atoms. The highest BCUT2D eigenvalue weighted by Crippen LogP contribution is 2.30. The monoisotopic (exact) mass is 286 g/mol. The van der Waals surface area contributed by atoms with Gasteiger partial charge in [-0.25, -0.2) is 0 Å². The van der Waals surface area contributed by atoms with Gasteiger partial charge in [0.25, 0.3) is 5.91 Å². The molecule has 3 rings (SSSR count). The molecular formula is C16H18N2OS. The lowest BCUT2D eigenvalue weighted by Gasteiger charge is -2.04. The number of hydrogen-bond donors (Lipinski definition) is 1. The second kappa shape index (κ2) is 5.75. The lowest BCUT2D eigenvalue weighted by atomic mass is 10.2. The number of nitrogens with one attached hydrogen (secondary N) is 1. The van der Waals surface area contributed by atoms with Crippen molar-refractivity contribution in [3.05, 3.63) is 51.0 Å². The minimum atomic E-state index is 0.0597. The summed E-state index contributed by atoms with van der Waals surface area (Å²) < 4.78 is 0. The molecule has 0 aromatic carbocycles. The van der Waals surface area contributed by atoms with Gasteiger partial charge in [-0.15, -0.1) is 11.3 Å². The van der Waals surface area contributed by atoms with Gasteiger partial charge in [0.1, 0.15) is 0 Å². The summed E-state index contributed by atoms with van der Waals surface area (Å²) in [6.45, 7) is 2.63. The highest BCUT2D eigenvalue weighted by molar-refractivity contribution is 7.14. The molecule has 2 aromatic rings. The quantitative estimate of drug-likeness (QED) is 0.939. The zero-order valence-corrected chi connectivity index (χ0v) is 12.4.